The molecule has 1 aromatic rings. The minimum absolute atomic E-state index is 0.00223. The lowest BCUT2D eigenvalue weighted by Crippen LogP contribution is -2.20. The highest BCUT2D eigenvalue weighted by molar-refractivity contribution is 5.69. The van der Waals surface area contributed by atoms with Crippen LogP contribution in [0, 0.1) is 10.1 Å². The summed E-state index contributed by atoms with van der Waals surface area (Å²) in [6, 6.07) is 4.33. The van der Waals surface area contributed by atoms with Crippen LogP contribution in [-0.2, 0) is 4.74 Å². The largest absolute Gasteiger partial charge is 0.397 e. The predicted octanol–water partition coefficient (Wildman–Crippen LogP) is 2.18. The molecule has 1 atom stereocenters. The molecule has 0 aliphatic carbocycles. The highest BCUT2D eigenvalue weighted by Crippen LogP contribution is 2.23. The highest BCUT2D eigenvalue weighted by atomic mass is 16.6. The molecule has 0 amide bonds. The number of nitrogen functional groups attached to an aromatic ring is 1. The molecular formula is C12H17N3O3. The Morgan fingerprint density at radius 1 is 1.67 bits per heavy atom. The summed E-state index contributed by atoms with van der Waals surface area (Å²) in [4.78, 5) is 10.1. The monoisotopic (exact) mass is 251 g/mol. The van der Waals surface area contributed by atoms with Gasteiger partial charge in [-0.25, -0.2) is 0 Å². The first-order valence-electron chi connectivity index (χ1n) is 5.55. The first-order chi connectivity index (χ1) is 8.54. The van der Waals surface area contributed by atoms with Gasteiger partial charge in [-0.1, -0.05) is 6.08 Å². The van der Waals surface area contributed by atoms with Crippen LogP contribution in [0.25, 0.3) is 0 Å². The van der Waals surface area contributed by atoms with Crippen molar-refractivity contribution in [1.29, 1.82) is 0 Å². The second kappa shape index (κ2) is 6.61. The number of ether oxygens (including phenoxy) is 1. The van der Waals surface area contributed by atoms with E-state index >= 15 is 0 Å². The van der Waals surface area contributed by atoms with Gasteiger partial charge in [0.05, 0.1) is 29.0 Å². The minimum Gasteiger partial charge on any atom is -0.397 e. The van der Waals surface area contributed by atoms with E-state index in [1.54, 1.807) is 12.1 Å². The van der Waals surface area contributed by atoms with Gasteiger partial charge >= 0.3 is 0 Å². The first kappa shape index (κ1) is 14.0. The van der Waals surface area contributed by atoms with Crippen molar-refractivity contribution >= 4 is 17.1 Å². The molecule has 6 nitrogen and oxygen atoms in total. The van der Waals surface area contributed by atoms with Crippen molar-refractivity contribution in [2.45, 2.75) is 13.0 Å². The van der Waals surface area contributed by atoms with Gasteiger partial charge in [-0.15, -0.1) is 6.58 Å². The third kappa shape index (κ3) is 4.06. The van der Waals surface area contributed by atoms with E-state index in [0.717, 1.165) is 0 Å². The summed E-state index contributed by atoms with van der Waals surface area (Å²) in [5, 5.41) is 13.6. The fraction of sp³-hybridized carbons (Fsp3) is 0.333. The van der Waals surface area contributed by atoms with Crippen molar-refractivity contribution in [1.82, 2.24) is 0 Å². The molecule has 1 rings (SSSR count). The molecule has 0 spiro atoms. The third-order valence-corrected chi connectivity index (χ3v) is 2.32. The predicted molar refractivity (Wildman–Crippen MR) is 71.6 cm³/mol. The van der Waals surface area contributed by atoms with Crippen molar-refractivity contribution in [3.63, 3.8) is 0 Å². The zero-order valence-electron chi connectivity index (χ0n) is 10.3. The molecule has 0 heterocycles. The smallest absolute Gasteiger partial charge is 0.271 e. The van der Waals surface area contributed by atoms with E-state index in [4.69, 9.17) is 10.5 Å². The van der Waals surface area contributed by atoms with Crippen LogP contribution >= 0.6 is 0 Å². The molecule has 1 aromatic carbocycles. The van der Waals surface area contributed by atoms with E-state index in [1.807, 2.05) is 6.92 Å². The summed E-state index contributed by atoms with van der Waals surface area (Å²) >= 11 is 0. The van der Waals surface area contributed by atoms with E-state index in [0.29, 0.717) is 24.5 Å². The van der Waals surface area contributed by atoms with Gasteiger partial charge in [0.2, 0.25) is 0 Å². The lowest BCUT2D eigenvalue weighted by molar-refractivity contribution is -0.384. The number of rotatable bonds is 7. The van der Waals surface area contributed by atoms with Gasteiger partial charge in [-0.05, 0) is 13.0 Å². The first-order valence-corrected chi connectivity index (χ1v) is 5.55. The normalized spacial score (nSPS) is 11.8. The van der Waals surface area contributed by atoms with E-state index in [2.05, 4.69) is 11.9 Å². The van der Waals surface area contributed by atoms with E-state index < -0.39 is 4.92 Å². The summed E-state index contributed by atoms with van der Waals surface area (Å²) < 4.78 is 5.39. The molecule has 6 heteroatoms. The summed E-state index contributed by atoms with van der Waals surface area (Å²) in [6.07, 6.45) is 1.68. The van der Waals surface area contributed by atoms with Gasteiger partial charge in [0, 0.05) is 18.7 Å². The number of nitrogens with two attached hydrogens (primary N) is 1. The van der Waals surface area contributed by atoms with Crippen LogP contribution in [0.15, 0.2) is 30.9 Å². The van der Waals surface area contributed by atoms with Crippen molar-refractivity contribution in [2.75, 3.05) is 24.2 Å². The van der Waals surface area contributed by atoms with E-state index in [1.165, 1.54) is 12.1 Å². The highest BCUT2D eigenvalue weighted by Gasteiger charge is 2.09. The molecule has 3 N–H and O–H groups in total. The number of benzene rings is 1. The van der Waals surface area contributed by atoms with Crippen LogP contribution in [0.1, 0.15) is 6.92 Å². The zero-order chi connectivity index (χ0) is 13.5. The molecule has 1 unspecified atom stereocenters. The fourth-order valence-corrected chi connectivity index (χ4v) is 1.37. The van der Waals surface area contributed by atoms with Crippen LogP contribution in [-0.4, -0.2) is 24.2 Å². The molecule has 0 fully saturated rings. The SMILES string of the molecule is C=CCOC(C)CNc1ccc([N+](=O)[O-])cc1N. The van der Waals surface area contributed by atoms with Crippen molar-refractivity contribution < 1.29 is 9.66 Å². The molecule has 98 valence electrons. The lowest BCUT2D eigenvalue weighted by Gasteiger charge is -2.14. The summed E-state index contributed by atoms with van der Waals surface area (Å²) in [7, 11) is 0. The van der Waals surface area contributed by atoms with Gasteiger partial charge in [-0.3, -0.25) is 10.1 Å². The average molecular weight is 251 g/mol. The van der Waals surface area contributed by atoms with Crippen molar-refractivity contribution in [3.05, 3.63) is 41.0 Å². The van der Waals surface area contributed by atoms with E-state index in [-0.39, 0.29) is 11.8 Å². The van der Waals surface area contributed by atoms with Gasteiger partial charge in [0.25, 0.3) is 5.69 Å². The van der Waals surface area contributed by atoms with Crippen LogP contribution in [0.3, 0.4) is 0 Å². The minimum atomic E-state index is -0.476. The molecule has 0 aliphatic heterocycles. The molecule has 18 heavy (non-hydrogen) atoms. The Morgan fingerprint density at radius 3 is 2.94 bits per heavy atom. The summed E-state index contributed by atoms with van der Waals surface area (Å²) in [5.41, 5.74) is 6.71. The Kier molecular flexibility index (Phi) is 5.13. The van der Waals surface area contributed by atoms with Crippen LogP contribution in [0.4, 0.5) is 17.1 Å². The van der Waals surface area contributed by atoms with Crippen molar-refractivity contribution in [3.8, 4) is 0 Å². The number of non-ortho nitro benzene ring substituents is 1. The molecule has 0 aromatic heterocycles. The maximum Gasteiger partial charge on any atom is 0.271 e. The second-order valence-corrected chi connectivity index (χ2v) is 3.84. The Bertz CT molecular complexity index is 435. The number of nitrogens with one attached hydrogen (secondary N) is 1. The standard InChI is InChI=1S/C12H17N3O3/c1-3-6-18-9(2)8-14-12-5-4-10(15(16)17)7-11(12)13/h3-5,7,9,14H,1,6,8,13H2,2H3. The van der Waals surface area contributed by atoms with Crippen LogP contribution in [0.5, 0.6) is 0 Å². The average Bonchev–Trinajstić information content (AvgIpc) is 2.34. The van der Waals surface area contributed by atoms with Gasteiger partial charge in [0.1, 0.15) is 0 Å². The quantitative estimate of drug-likeness (QED) is 0.335. The van der Waals surface area contributed by atoms with Gasteiger partial charge in [0.15, 0.2) is 0 Å². The Hall–Kier alpha value is -2.08. The fourth-order valence-electron chi connectivity index (χ4n) is 1.37. The Balaban J connectivity index is 2.57. The number of nitro benzene ring substituents is 1. The molecule has 0 saturated heterocycles. The summed E-state index contributed by atoms with van der Waals surface area (Å²) in [5.74, 6) is 0. The second-order valence-electron chi connectivity index (χ2n) is 3.84. The maximum atomic E-state index is 10.5. The number of nitro groups is 1. The number of hydrogen-bond acceptors (Lipinski definition) is 5. The summed E-state index contributed by atoms with van der Waals surface area (Å²) in [6.45, 7) is 6.53. The lowest BCUT2D eigenvalue weighted by atomic mass is 10.2. The molecular weight excluding hydrogens is 234 g/mol. The van der Waals surface area contributed by atoms with E-state index in [9.17, 15) is 10.1 Å². The van der Waals surface area contributed by atoms with Crippen molar-refractivity contribution in [2.24, 2.45) is 0 Å². The third-order valence-electron chi connectivity index (χ3n) is 2.32. The molecule has 0 radical (unpaired) electrons. The van der Waals surface area contributed by atoms with Crippen LogP contribution < -0.4 is 11.1 Å². The number of hydrogen-bond donors (Lipinski definition) is 2. The van der Waals surface area contributed by atoms with Gasteiger partial charge < -0.3 is 15.8 Å². The van der Waals surface area contributed by atoms with Gasteiger partial charge in [-0.2, -0.15) is 0 Å². The number of nitrogens with zero attached hydrogens (tertiary/aromatic N) is 1. The number of anilines is 2. The molecule has 0 aliphatic rings. The maximum absolute atomic E-state index is 10.5. The zero-order valence-corrected chi connectivity index (χ0v) is 10.3. The Morgan fingerprint density at radius 2 is 2.39 bits per heavy atom. The Labute approximate surface area is 106 Å². The van der Waals surface area contributed by atoms with Crippen LogP contribution in [0.2, 0.25) is 0 Å². The topological polar surface area (TPSA) is 90.4 Å². The molecule has 0 saturated carbocycles. The molecule has 0 bridgehead atoms.